The molecule has 1 fully saturated rings. The predicted molar refractivity (Wildman–Crippen MR) is 96.8 cm³/mol. The summed E-state index contributed by atoms with van der Waals surface area (Å²) in [5.74, 6) is -0.0556. The van der Waals surface area contributed by atoms with Gasteiger partial charge in [0.1, 0.15) is 6.04 Å². The zero-order chi connectivity index (χ0) is 17.5. The van der Waals surface area contributed by atoms with Crippen LogP contribution < -0.4 is 5.32 Å². The van der Waals surface area contributed by atoms with Gasteiger partial charge in [-0.3, -0.25) is 9.59 Å². The Morgan fingerprint density at radius 2 is 2.04 bits per heavy atom. The van der Waals surface area contributed by atoms with Crippen molar-refractivity contribution in [3.63, 3.8) is 0 Å². The van der Waals surface area contributed by atoms with Gasteiger partial charge in [0, 0.05) is 24.0 Å². The lowest BCUT2D eigenvalue weighted by Crippen LogP contribution is -2.49. The third-order valence-electron chi connectivity index (χ3n) is 4.57. The highest BCUT2D eigenvalue weighted by Crippen LogP contribution is 2.19. The number of rotatable bonds is 7. The minimum Gasteiger partial charge on any atom is -0.352 e. The number of carbonyl (C=O) groups excluding carboxylic acids is 2. The highest BCUT2D eigenvalue weighted by Gasteiger charge is 2.27. The summed E-state index contributed by atoms with van der Waals surface area (Å²) < 4.78 is 0. The van der Waals surface area contributed by atoms with Gasteiger partial charge < -0.3 is 10.2 Å². The van der Waals surface area contributed by atoms with Crippen LogP contribution in [0, 0.1) is 0 Å². The summed E-state index contributed by atoms with van der Waals surface area (Å²) >= 11 is 6.04. The van der Waals surface area contributed by atoms with Crippen molar-refractivity contribution in [3.8, 4) is 0 Å². The van der Waals surface area contributed by atoms with Crippen molar-refractivity contribution >= 4 is 23.4 Å². The Morgan fingerprint density at radius 1 is 1.33 bits per heavy atom. The SMILES string of the molecule is CCCC(=O)N(Cc1cccc(Cl)c1)C(C)C(=O)NC1CCCC1. The van der Waals surface area contributed by atoms with E-state index in [0.29, 0.717) is 18.0 Å². The van der Waals surface area contributed by atoms with E-state index < -0.39 is 6.04 Å². The normalized spacial score (nSPS) is 16.0. The number of benzene rings is 1. The number of carbonyl (C=O) groups is 2. The summed E-state index contributed by atoms with van der Waals surface area (Å²) in [6, 6.07) is 7.22. The quantitative estimate of drug-likeness (QED) is 0.810. The third-order valence-corrected chi connectivity index (χ3v) is 4.81. The lowest BCUT2D eigenvalue weighted by Gasteiger charge is -2.29. The fourth-order valence-corrected chi connectivity index (χ4v) is 3.38. The molecule has 1 N–H and O–H groups in total. The van der Waals surface area contributed by atoms with Crippen LogP contribution in [0.3, 0.4) is 0 Å². The molecule has 1 saturated carbocycles. The maximum atomic E-state index is 12.6. The molecule has 5 heteroatoms. The van der Waals surface area contributed by atoms with Crippen molar-refractivity contribution in [3.05, 3.63) is 34.9 Å². The van der Waals surface area contributed by atoms with Crippen LogP contribution in [0.25, 0.3) is 0 Å². The molecule has 0 bridgehead atoms. The number of nitrogens with zero attached hydrogens (tertiary/aromatic N) is 1. The molecule has 24 heavy (non-hydrogen) atoms. The average molecular weight is 351 g/mol. The van der Waals surface area contributed by atoms with E-state index in [1.165, 1.54) is 12.8 Å². The van der Waals surface area contributed by atoms with E-state index in [1.54, 1.807) is 11.0 Å². The Kier molecular flexibility index (Phi) is 7.10. The molecule has 1 unspecified atom stereocenters. The molecule has 1 aromatic carbocycles. The molecule has 0 saturated heterocycles. The van der Waals surface area contributed by atoms with Crippen LogP contribution in [-0.2, 0) is 16.1 Å². The van der Waals surface area contributed by atoms with Crippen LogP contribution >= 0.6 is 11.6 Å². The van der Waals surface area contributed by atoms with Crippen LogP contribution in [0.15, 0.2) is 24.3 Å². The average Bonchev–Trinajstić information content (AvgIpc) is 3.05. The molecule has 2 rings (SSSR count). The van der Waals surface area contributed by atoms with Gasteiger partial charge in [0.2, 0.25) is 11.8 Å². The minimum atomic E-state index is -0.483. The molecule has 1 atom stereocenters. The van der Waals surface area contributed by atoms with E-state index in [0.717, 1.165) is 24.8 Å². The highest BCUT2D eigenvalue weighted by molar-refractivity contribution is 6.30. The number of amides is 2. The largest absolute Gasteiger partial charge is 0.352 e. The second-order valence-electron chi connectivity index (χ2n) is 6.57. The zero-order valence-corrected chi connectivity index (χ0v) is 15.3. The van der Waals surface area contributed by atoms with Gasteiger partial charge in [0.05, 0.1) is 0 Å². The standard InChI is InChI=1S/C19H27ClN2O2/c1-3-7-18(23)22(13-15-8-6-9-16(20)12-15)14(2)19(24)21-17-10-4-5-11-17/h6,8-9,12,14,17H,3-5,7,10-11,13H2,1-2H3,(H,21,24). The maximum absolute atomic E-state index is 12.6. The van der Waals surface area contributed by atoms with E-state index in [1.807, 2.05) is 32.0 Å². The van der Waals surface area contributed by atoms with E-state index in [9.17, 15) is 9.59 Å². The monoisotopic (exact) mass is 350 g/mol. The molecule has 1 aliphatic carbocycles. The number of hydrogen-bond donors (Lipinski definition) is 1. The van der Waals surface area contributed by atoms with Crippen LogP contribution in [0.1, 0.15) is 57.9 Å². The van der Waals surface area contributed by atoms with Crippen LogP contribution in [0.4, 0.5) is 0 Å². The lowest BCUT2D eigenvalue weighted by molar-refractivity contribution is -0.140. The second-order valence-corrected chi connectivity index (χ2v) is 7.00. The summed E-state index contributed by atoms with van der Waals surface area (Å²) in [7, 11) is 0. The fraction of sp³-hybridized carbons (Fsp3) is 0.579. The summed E-state index contributed by atoms with van der Waals surface area (Å²) in [6.07, 6.45) is 5.62. The van der Waals surface area contributed by atoms with Gasteiger partial charge in [-0.15, -0.1) is 0 Å². The highest BCUT2D eigenvalue weighted by atomic mass is 35.5. The van der Waals surface area contributed by atoms with E-state index >= 15 is 0 Å². The molecule has 0 aromatic heterocycles. The Labute approximate surface area is 149 Å². The van der Waals surface area contributed by atoms with Gasteiger partial charge in [-0.05, 0) is 43.9 Å². The Morgan fingerprint density at radius 3 is 2.67 bits per heavy atom. The summed E-state index contributed by atoms with van der Waals surface area (Å²) in [6.45, 7) is 4.18. The molecule has 0 heterocycles. The molecular formula is C19H27ClN2O2. The molecule has 1 aromatic rings. The number of hydrogen-bond acceptors (Lipinski definition) is 2. The lowest BCUT2D eigenvalue weighted by atomic mass is 10.1. The Balaban J connectivity index is 2.08. The van der Waals surface area contributed by atoms with Gasteiger partial charge in [0.25, 0.3) is 0 Å². The predicted octanol–water partition coefficient (Wildman–Crippen LogP) is 3.92. The van der Waals surface area contributed by atoms with Gasteiger partial charge in [-0.1, -0.05) is 43.5 Å². The maximum Gasteiger partial charge on any atom is 0.242 e. The first kappa shape index (κ1) is 18.8. The van der Waals surface area contributed by atoms with Crippen molar-refractivity contribution in [2.45, 2.75) is 71.0 Å². The van der Waals surface area contributed by atoms with Crippen LogP contribution in [0.5, 0.6) is 0 Å². The van der Waals surface area contributed by atoms with Gasteiger partial charge in [0.15, 0.2) is 0 Å². The van der Waals surface area contributed by atoms with Gasteiger partial charge >= 0.3 is 0 Å². The first-order chi connectivity index (χ1) is 11.5. The molecule has 0 aliphatic heterocycles. The summed E-state index contributed by atoms with van der Waals surface area (Å²) in [4.78, 5) is 26.8. The minimum absolute atomic E-state index is 0.00606. The first-order valence-electron chi connectivity index (χ1n) is 8.85. The van der Waals surface area contributed by atoms with Crippen LogP contribution in [0.2, 0.25) is 5.02 Å². The van der Waals surface area contributed by atoms with E-state index in [-0.39, 0.29) is 17.9 Å². The smallest absolute Gasteiger partial charge is 0.242 e. The molecule has 0 spiro atoms. The topological polar surface area (TPSA) is 49.4 Å². The van der Waals surface area contributed by atoms with E-state index in [4.69, 9.17) is 11.6 Å². The second kappa shape index (κ2) is 9.07. The Bertz CT molecular complexity index is 570. The van der Waals surface area contributed by atoms with Crippen molar-refractivity contribution in [2.24, 2.45) is 0 Å². The third kappa shape index (κ3) is 5.23. The van der Waals surface area contributed by atoms with Crippen molar-refractivity contribution in [1.29, 1.82) is 0 Å². The molecular weight excluding hydrogens is 324 g/mol. The van der Waals surface area contributed by atoms with E-state index in [2.05, 4.69) is 5.32 Å². The zero-order valence-electron chi connectivity index (χ0n) is 14.6. The molecule has 2 amide bonds. The summed E-state index contributed by atoms with van der Waals surface area (Å²) in [5, 5.41) is 3.73. The number of halogens is 1. The summed E-state index contributed by atoms with van der Waals surface area (Å²) in [5.41, 5.74) is 0.937. The van der Waals surface area contributed by atoms with Crippen LogP contribution in [-0.4, -0.2) is 28.8 Å². The van der Waals surface area contributed by atoms with Crippen molar-refractivity contribution in [1.82, 2.24) is 10.2 Å². The number of nitrogens with one attached hydrogen (secondary N) is 1. The van der Waals surface area contributed by atoms with Crippen molar-refractivity contribution < 1.29 is 9.59 Å². The fourth-order valence-electron chi connectivity index (χ4n) is 3.16. The molecule has 132 valence electrons. The first-order valence-corrected chi connectivity index (χ1v) is 9.23. The van der Waals surface area contributed by atoms with Crippen molar-refractivity contribution in [2.75, 3.05) is 0 Å². The molecule has 0 radical (unpaired) electrons. The van der Waals surface area contributed by atoms with Gasteiger partial charge in [-0.2, -0.15) is 0 Å². The molecule has 4 nitrogen and oxygen atoms in total. The molecule has 1 aliphatic rings. The Hall–Kier alpha value is -1.55. The van der Waals surface area contributed by atoms with Gasteiger partial charge in [-0.25, -0.2) is 0 Å².